The topological polar surface area (TPSA) is 105 Å². The van der Waals surface area contributed by atoms with Gasteiger partial charge in [-0.3, -0.25) is 9.89 Å². The fourth-order valence-electron chi connectivity index (χ4n) is 3.14. The van der Waals surface area contributed by atoms with Gasteiger partial charge in [-0.2, -0.15) is 5.10 Å². The van der Waals surface area contributed by atoms with Crippen LogP contribution in [0.3, 0.4) is 0 Å². The molecule has 0 aliphatic heterocycles. The molecule has 2 aromatic carbocycles. The van der Waals surface area contributed by atoms with Crippen LogP contribution in [0.15, 0.2) is 54.9 Å². The first-order valence-corrected chi connectivity index (χ1v) is 9.89. The lowest BCUT2D eigenvalue weighted by Gasteiger charge is -2.10. The van der Waals surface area contributed by atoms with Gasteiger partial charge in [0.2, 0.25) is 0 Å². The van der Waals surface area contributed by atoms with Gasteiger partial charge in [-0.1, -0.05) is 0 Å². The van der Waals surface area contributed by atoms with Crippen LogP contribution in [0.2, 0.25) is 0 Å². The van der Waals surface area contributed by atoms with Crippen molar-refractivity contribution in [1.82, 2.24) is 25.5 Å². The van der Waals surface area contributed by atoms with Crippen LogP contribution >= 0.6 is 0 Å². The minimum Gasteiger partial charge on any atom is -0.484 e. The molecule has 1 aliphatic rings. The van der Waals surface area contributed by atoms with E-state index < -0.39 is 5.82 Å². The Morgan fingerprint density at radius 2 is 2.10 bits per heavy atom. The molecule has 9 heteroatoms. The number of aromatic amines is 1. The molecular weight excluding hydrogens is 399 g/mol. The maximum absolute atomic E-state index is 14.5. The predicted molar refractivity (Wildman–Crippen MR) is 113 cm³/mol. The van der Waals surface area contributed by atoms with E-state index in [0.717, 1.165) is 29.4 Å². The number of aromatic nitrogens is 4. The number of halogens is 1. The lowest BCUT2D eigenvalue weighted by Crippen LogP contribution is -2.30. The molecule has 2 aromatic heterocycles. The molecule has 156 valence electrons. The zero-order valence-corrected chi connectivity index (χ0v) is 16.4. The summed E-state index contributed by atoms with van der Waals surface area (Å²) < 4.78 is 20.0. The number of ether oxygens (including phenoxy) is 1. The van der Waals surface area contributed by atoms with Crippen molar-refractivity contribution in [3.63, 3.8) is 0 Å². The quantitative estimate of drug-likeness (QED) is 0.424. The molecule has 8 nitrogen and oxygen atoms in total. The number of carbonyl (C=O) groups excluding carboxylic acids is 1. The molecule has 1 saturated carbocycles. The Bertz CT molecular complexity index is 1250. The van der Waals surface area contributed by atoms with Crippen LogP contribution in [-0.4, -0.2) is 38.7 Å². The van der Waals surface area contributed by atoms with E-state index in [9.17, 15) is 9.18 Å². The molecule has 5 rings (SSSR count). The first-order valence-electron chi connectivity index (χ1n) is 9.89. The van der Waals surface area contributed by atoms with Crippen LogP contribution in [0.4, 0.5) is 15.9 Å². The zero-order valence-electron chi connectivity index (χ0n) is 16.4. The largest absolute Gasteiger partial charge is 0.484 e. The highest BCUT2D eigenvalue weighted by atomic mass is 19.1. The molecule has 0 saturated heterocycles. The highest BCUT2D eigenvalue weighted by Crippen LogP contribution is 2.27. The normalized spacial score (nSPS) is 13.2. The van der Waals surface area contributed by atoms with Crippen molar-refractivity contribution in [1.29, 1.82) is 0 Å². The zero-order chi connectivity index (χ0) is 21.2. The van der Waals surface area contributed by atoms with E-state index in [0.29, 0.717) is 11.6 Å². The van der Waals surface area contributed by atoms with Crippen molar-refractivity contribution in [3.05, 3.63) is 60.7 Å². The molecule has 0 atom stereocenters. The molecule has 2 heterocycles. The van der Waals surface area contributed by atoms with E-state index in [2.05, 4.69) is 30.8 Å². The van der Waals surface area contributed by atoms with Crippen molar-refractivity contribution < 1.29 is 13.9 Å². The number of H-pyrrole nitrogens is 1. The summed E-state index contributed by atoms with van der Waals surface area (Å²) in [5.74, 6) is 0.425. The molecule has 0 unspecified atom stereocenters. The molecule has 31 heavy (non-hydrogen) atoms. The smallest absolute Gasteiger partial charge is 0.258 e. The summed E-state index contributed by atoms with van der Waals surface area (Å²) in [6.07, 6.45) is 5.29. The Balaban J connectivity index is 1.33. The highest BCUT2D eigenvalue weighted by Gasteiger charge is 2.23. The summed E-state index contributed by atoms with van der Waals surface area (Å²) in [4.78, 5) is 20.4. The number of fused-ring (bicyclic) bond motifs is 1. The number of carbonyl (C=O) groups is 1. The van der Waals surface area contributed by atoms with Crippen molar-refractivity contribution in [2.45, 2.75) is 18.9 Å². The minimum atomic E-state index is -0.480. The van der Waals surface area contributed by atoms with Crippen LogP contribution in [0.5, 0.6) is 5.75 Å². The maximum atomic E-state index is 14.5. The molecule has 3 N–H and O–H groups in total. The van der Waals surface area contributed by atoms with Crippen molar-refractivity contribution >= 4 is 28.3 Å². The third-order valence-corrected chi connectivity index (χ3v) is 4.86. The van der Waals surface area contributed by atoms with Gasteiger partial charge in [-0.15, -0.1) is 0 Å². The Kier molecular flexibility index (Phi) is 4.91. The van der Waals surface area contributed by atoms with Crippen LogP contribution < -0.4 is 15.4 Å². The van der Waals surface area contributed by atoms with E-state index in [1.54, 1.807) is 18.5 Å². The lowest BCUT2D eigenvalue weighted by atomic mass is 10.2. The van der Waals surface area contributed by atoms with Gasteiger partial charge in [-0.25, -0.2) is 14.4 Å². The number of hydrogen-bond donors (Lipinski definition) is 3. The number of nitrogens with one attached hydrogen (secondary N) is 3. The van der Waals surface area contributed by atoms with Crippen molar-refractivity contribution in [2.75, 3.05) is 11.9 Å². The number of rotatable bonds is 7. The first kappa shape index (κ1) is 19.0. The van der Waals surface area contributed by atoms with E-state index in [4.69, 9.17) is 4.74 Å². The lowest BCUT2D eigenvalue weighted by molar-refractivity contribution is -0.123. The second-order valence-corrected chi connectivity index (χ2v) is 7.33. The molecule has 0 bridgehead atoms. The summed E-state index contributed by atoms with van der Waals surface area (Å²) in [5.41, 5.74) is 1.94. The fourth-order valence-corrected chi connectivity index (χ4v) is 3.14. The number of hydrogen-bond acceptors (Lipinski definition) is 6. The second kappa shape index (κ2) is 8.02. The number of amides is 1. The maximum Gasteiger partial charge on any atom is 0.258 e. The van der Waals surface area contributed by atoms with Crippen LogP contribution in [-0.2, 0) is 4.79 Å². The molecule has 1 aliphatic carbocycles. The Labute approximate surface area is 176 Å². The van der Waals surface area contributed by atoms with Gasteiger partial charge in [0, 0.05) is 23.3 Å². The van der Waals surface area contributed by atoms with Crippen LogP contribution in [0, 0.1) is 5.82 Å². The Hall–Kier alpha value is -4.01. The Morgan fingerprint density at radius 1 is 1.19 bits per heavy atom. The van der Waals surface area contributed by atoms with Gasteiger partial charge in [0.05, 0.1) is 17.3 Å². The van der Waals surface area contributed by atoms with Gasteiger partial charge in [-0.05, 0) is 55.3 Å². The average molecular weight is 418 g/mol. The average Bonchev–Trinajstić information content (AvgIpc) is 3.46. The molecule has 0 spiro atoms. The highest BCUT2D eigenvalue weighted by molar-refractivity contribution is 5.82. The van der Waals surface area contributed by atoms with Crippen molar-refractivity contribution in [3.8, 4) is 17.1 Å². The van der Waals surface area contributed by atoms with E-state index in [1.165, 1.54) is 18.2 Å². The summed E-state index contributed by atoms with van der Waals surface area (Å²) in [7, 11) is 0. The summed E-state index contributed by atoms with van der Waals surface area (Å²) in [6, 6.07) is 11.9. The summed E-state index contributed by atoms with van der Waals surface area (Å²) >= 11 is 0. The van der Waals surface area contributed by atoms with Gasteiger partial charge in [0.1, 0.15) is 17.4 Å². The monoisotopic (exact) mass is 418 g/mol. The number of nitrogens with zero attached hydrogens (tertiary/aromatic N) is 3. The van der Waals surface area contributed by atoms with E-state index in [1.807, 2.05) is 18.2 Å². The van der Waals surface area contributed by atoms with Crippen LogP contribution in [0.1, 0.15) is 12.8 Å². The van der Waals surface area contributed by atoms with Crippen LogP contribution in [0.25, 0.3) is 22.3 Å². The first-order chi connectivity index (χ1) is 15.1. The minimum absolute atomic E-state index is 0.124. The van der Waals surface area contributed by atoms with Gasteiger partial charge >= 0.3 is 0 Å². The predicted octanol–water partition coefficient (Wildman–Crippen LogP) is 3.56. The molecule has 1 fully saturated rings. The standard InChI is InChI=1S/C22H19FN6O2/c23-18-5-4-16(31-12-21(30)27-14-1-2-14)10-17(18)22-24-8-7-20(28-22)26-15-3-6-19-13(9-15)11-25-29-19/h3-11,14H,1-2,12H2,(H,25,29)(H,27,30)(H,24,26,28). The summed E-state index contributed by atoms with van der Waals surface area (Å²) in [6.45, 7) is -0.124. The van der Waals surface area contributed by atoms with E-state index in [-0.39, 0.29) is 29.9 Å². The molecule has 0 radical (unpaired) electrons. The van der Waals surface area contributed by atoms with Crippen molar-refractivity contribution in [2.24, 2.45) is 0 Å². The molecule has 1 amide bonds. The number of anilines is 2. The van der Waals surface area contributed by atoms with Gasteiger partial charge in [0.15, 0.2) is 12.4 Å². The third kappa shape index (κ3) is 4.45. The third-order valence-electron chi connectivity index (χ3n) is 4.86. The SMILES string of the molecule is O=C(COc1ccc(F)c(-c2nccc(Nc3ccc4[nH]ncc4c3)n2)c1)NC1CC1. The second-order valence-electron chi connectivity index (χ2n) is 7.33. The van der Waals surface area contributed by atoms with Gasteiger partial charge in [0.25, 0.3) is 5.91 Å². The fraction of sp³-hybridized carbons (Fsp3) is 0.182. The number of benzene rings is 2. The van der Waals surface area contributed by atoms with E-state index >= 15 is 0 Å². The summed E-state index contributed by atoms with van der Waals surface area (Å²) in [5, 5.41) is 13.9. The molecule has 4 aromatic rings. The van der Waals surface area contributed by atoms with Gasteiger partial charge < -0.3 is 15.4 Å². The molecular formula is C22H19FN6O2. The Morgan fingerprint density at radius 3 is 2.97 bits per heavy atom.